The zero-order valence-electron chi connectivity index (χ0n) is 6.35. The lowest BCUT2D eigenvalue weighted by Gasteiger charge is -1.99. The van der Waals surface area contributed by atoms with E-state index in [2.05, 4.69) is 0 Å². The molecule has 0 saturated carbocycles. The summed E-state index contributed by atoms with van der Waals surface area (Å²) in [6.07, 6.45) is 0. The van der Waals surface area contributed by atoms with Crippen LogP contribution in [0.3, 0.4) is 0 Å². The van der Waals surface area contributed by atoms with E-state index in [4.69, 9.17) is 21.6 Å². The highest BCUT2D eigenvalue weighted by atomic mass is 35.5. The Morgan fingerprint density at radius 2 is 2.08 bits per heavy atom. The fourth-order valence-electron chi connectivity index (χ4n) is 0.830. The second kappa shape index (κ2) is 3.74. The van der Waals surface area contributed by atoms with Gasteiger partial charge in [-0.15, -0.1) is 0 Å². The number of nitro groups is 1. The van der Waals surface area contributed by atoms with Crippen molar-refractivity contribution in [2.75, 3.05) is 0 Å². The van der Waals surface area contributed by atoms with Crippen molar-refractivity contribution in [1.82, 2.24) is 0 Å². The van der Waals surface area contributed by atoms with Crippen LogP contribution in [-0.4, -0.2) is 22.1 Å². The summed E-state index contributed by atoms with van der Waals surface area (Å²) in [6.45, 7) is 0. The molecule has 0 radical (unpaired) electrons. The molecule has 2 N–H and O–H groups in total. The lowest BCUT2D eigenvalue weighted by atomic mass is 9.80. The summed E-state index contributed by atoms with van der Waals surface area (Å²) < 4.78 is 0. The van der Waals surface area contributed by atoms with Gasteiger partial charge < -0.3 is 10.0 Å². The fraction of sp³-hybridized carbons (Fsp3) is 0. The third kappa shape index (κ3) is 2.18. The molecular formula is C6H5BClNO4. The molecule has 0 fully saturated rings. The smallest absolute Gasteiger partial charge is 0.423 e. The molecule has 0 aliphatic carbocycles. The molecule has 5 nitrogen and oxygen atoms in total. The molecule has 0 bridgehead atoms. The molecule has 0 unspecified atom stereocenters. The fourth-order valence-corrected chi connectivity index (χ4v) is 1.02. The summed E-state index contributed by atoms with van der Waals surface area (Å²) >= 11 is 5.49. The van der Waals surface area contributed by atoms with Crippen LogP contribution in [0.15, 0.2) is 18.2 Å². The van der Waals surface area contributed by atoms with Crippen molar-refractivity contribution in [3.63, 3.8) is 0 Å². The van der Waals surface area contributed by atoms with Crippen molar-refractivity contribution in [2.24, 2.45) is 0 Å². The third-order valence-corrected chi connectivity index (χ3v) is 1.78. The Balaban J connectivity index is 3.19. The summed E-state index contributed by atoms with van der Waals surface area (Å²) in [4.78, 5) is 9.67. The van der Waals surface area contributed by atoms with Gasteiger partial charge in [-0.05, 0) is 11.5 Å². The summed E-state index contributed by atoms with van der Waals surface area (Å²) in [5.41, 5.74) is -0.302. The molecule has 0 heterocycles. The van der Waals surface area contributed by atoms with Crippen molar-refractivity contribution in [1.29, 1.82) is 0 Å². The van der Waals surface area contributed by atoms with Crippen LogP contribution in [0, 0.1) is 10.1 Å². The van der Waals surface area contributed by atoms with E-state index in [1.165, 1.54) is 12.1 Å². The van der Waals surface area contributed by atoms with E-state index in [0.717, 1.165) is 6.07 Å². The quantitative estimate of drug-likeness (QED) is 0.398. The van der Waals surface area contributed by atoms with Gasteiger partial charge in [-0.2, -0.15) is 0 Å². The molecule has 1 aromatic rings. The molecule has 1 aromatic carbocycles. The number of rotatable bonds is 2. The summed E-state index contributed by atoms with van der Waals surface area (Å²) in [7, 11) is -1.73. The SMILES string of the molecule is O=[N+]([O-])c1cc(B(O)O)ccc1Cl. The van der Waals surface area contributed by atoms with E-state index < -0.39 is 12.0 Å². The van der Waals surface area contributed by atoms with Crippen LogP contribution in [-0.2, 0) is 0 Å². The van der Waals surface area contributed by atoms with Gasteiger partial charge in [0.25, 0.3) is 5.69 Å². The molecule has 0 atom stereocenters. The van der Waals surface area contributed by atoms with E-state index in [1.54, 1.807) is 0 Å². The largest absolute Gasteiger partial charge is 0.488 e. The summed E-state index contributed by atoms with van der Waals surface area (Å²) in [6, 6.07) is 3.57. The molecule has 68 valence electrons. The Hall–Kier alpha value is -1.11. The topological polar surface area (TPSA) is 83.6 Å². The maximum Gasteiger partial charge on any atom is 0.488 e. The first-order valence-electron chi connectivity index (χ1n) is 3.32. The van der Waals surface area contributed by atoms with Crippen molar-refractivity contribution in [3.8, 4) is 0 Å². The Morgan fingerprint density at radius 3 is 2.54 bits per heavy atom. The Labute approximate surface area is 78.9 Å². The minimum atomic E-state index is -1.73. The number of nitrogens with zero attached hydrogens (tertiary/aromatic N) is 1. The number of hydrogen-bond donors (Lipinski definition) is 2. The molecule has 0 saturated heterocycles. The van der Waals surface area contributed by atoms with Crippen LogP contribution in [0.25, 0.3) is 0 Å². The van der Waals surface area contributed by atoms with Crippen LogP contribution < -0.4 is 5.46 Å². The normalized spacial score (nSPS) is 9.77. The van der Waals surface area contributed by atoms with E-state index >= 15 is 0 Å². The Bertz CT molecular complexity index is 343. The highest BCUT2D eigenvalue weighted by Gasteiger charge is 2.18. The van der Waals surface area contributed by atoms with E-state index in [-0.39, 0.29) is 16.2 Å². The maximum absolute atomic E-state index is 10.4. The van der Waals surface area contributed by atoms with Crippen LogP contribution in [0.4, 0.5) is 5.69 Å². The molecule has 1 rings (SSSR count). The zero-order valence-corrected chi connectivity index (χ0v) is 7.10. The monoisotopic (exact) mass is 201 g/mol. The molecule has 0 aliphatic rings. The highest BCUT2D eigenvalue weighted by molar-refractivity contribution is 6.58. The van der Waals surface area contributed by atoms with Gasteiger partial charge in [0, 0.05) is 6.07 Å². The van der Waals surface area contributed by atoms with Crippen LogP contribution in [0.2, 0.25) is 5.02 Å². The first-order valence-corrected chi connectivity index (χ1v) is 3.70. The van der Waals surface area contributed by atoms with Gasteiger partial charge >= 0.3 is 7.12 Å². The number of halogens is 1. The number of nitro benzene ring substituents is 1. The van der Waals surface area contributed by atoms with Crippen LogP contribution >= 0.6 is 11.6 Å². The Morgan fingerprint density at radius 1 is 1.46 bits per heavy atom. The van der Waals surface area contributed by atoms with Gasteiger partial charge in [0.15, 0.2) is 0 Å². The molecule has 7 heteroatoms. The first kappa shape index (κ1) is 9.98. The molecular weight excluding hydrogens is 196 g/mol. The lowest BCUT2D eigenvalue weighted by Crippen LogP contribution is -2.29. The second-order valence-electron chi connectivity index (χ2n) is 2.34. The molecule has 0 aliphatic heterocycles. The van der Waals surface area contributed by atoms with Crippen LogP contribution in [0.1, 0.15) is 0 Å². The number of hydrogen-bond acceptors (Lipinski definition) is 4. The summed E-state index contributed by atoms with van der Waals surface area (Å²) in [5, 5.41) is 27.7. The second-order valence-corrected chi connectivity index (χ2v) is 2.75. The van der Waals surface area contributed by atoms with E-state index in [9.17, 15) is 10.1 Å². The first-order chi connectivity index (χ1) is 6.02. The van der Waals surface area contributed by atoms with Gasteiger partial charge in [-0.25, -0.2) is 0 Å². The minimum Gasteiger partial charge on any atom is -0.423 e. The average Bonchev–Trinajstić information content (AvgIpc) is 2.04. The third-order valence-electron chi connectivity index (χ3n) is 1.47. The van der Waals surface area contributed by atoms with Gasteiger partial charge in [0.05, 0.1) is 4.92 Å². The predicted molar refractivity (Wildman–Crippen MR) is 47.9 cm³/mol. The van der Waals surface area contributed by atoms with Crippen molar-refractivity contribution in [2.45, 2.75) is 0 Å². The predicted octanol–water partition coefficient (Wildman–Crippen LogP) is -0.0720. The van der Waals surface area contributed by atoms with Gasteiger partial charge in [-0.3, -0.25) is 10.1 Å². The van der Waals surface area contributed by atoms with Gasteiger partial charge in [0.2, 0.25) is 0 Å². The van der Waals surface area contributed by atoms with Crippen molar-refractivity contribution >= 4 is 29.9 Å². The lowest BCUT2D eigenvalue weighted by molar-refractivity contribution is -0.384. The molecule has 13 heavy (non-hydrogen) atoms. The Kier molecular flexibility index (Phi) is 2.87. The summed E-state index contributed by atoms with van der Waals surface area (Å²) in [5.74, 6) is 0. The highest BCUT2D eigenvalue weighted by Crippen LogP contribution is 2.21. The van der Waals surface area contributed by atoms with Gasteiger partial charge in [-0.1, -0.05) is 17.7 Å². The molecule has 0 amide bonds. The van der Waals surface area contributed by atoms with Crippen LogP contribution in [0.5, 0.6) is 0 Å². The standard InChI is InChI=1S/C6H5BClNO4/c8-5-2-1-4(7(10)11)3-6(5)9(12)13/h1-3,10-11H. The number of benzene rings is 1. The maximum atomic E-state index is 10.4. The molecule has 0 aromatic heterocycles. The van der Waals surface area contributed by atoms with E-state index in [0.29, 0.717) is 0 Å². The molecule has 0 spiro atoms. The average molecular weight is 201 g/mol. The van der Waals surface area contributed by atoms with E-state index in [1.807, 2.05) is 0 Å². The minimum absolute atomic E-state index is 0.0330. The zero-order chi connectivity index (χ0) is 10.0. The van der Waals surface area contributed by atoms with Crippen molar-refractivity contribution < 1.29 is 15.0 Å². The van der Waals surface area contributed by atoms with Gasteiger partial charge in [0.1, 0.15) is 5.02 Å². The van der Waals surface area contributed by atoms with Crippen molar-refractivity contribution in [3.05, 3.63) is 33.3 Å².